The van der Waals surface area contributed by atoms with E-state index in [0.717, 1.165) is 22.3 Å². The average Bonchev–Trinajstić information content (AvgIpc) is 2.91. The number of benzene rings is 4. The molecule has 0 amide bonds. The monoisotopic (exact) mass is 460 g/mol. The third-order valence-electron chi connectivity index (χ3n) is 7.40. The average molecular weight is 461 g/mol. The summed E-state index contributed by atoms with van der Waals surface area (Å²) in [5.41, 5.74) is 4.65. The van der Waals surface area contributed by atoms with Crippen LogP contribution in [0.1, 0.15) is 55.8 Å². The van der Waals surface area contributed by atoms with Crippen LogP contribution >= 0.6 is 0 Å². The van der Waals surface area contributed by atoms with E-state index in [1.807, 2.05) is 60.7 Å². The van der Waals surface area contributed by atoms with Crippen LogP contribution in [-0.2, 0) is 14.9 Å². The molecule has 0 saturated heterocycles. The molecule has 4 aromatic carbocycles. The molecular formula is C31H24O4. The van der Waals surface area contributed by atoms with E-state index in [2.05, 4.69) is 31.2 Å². The SMILES string of the molecule is C[C@]12c3ccccc3[C@@H](c3ccccc31)[C@H](OC(=O)c1ccccc1)[C@@H]2OC(=O)c1ccccc1. The minimum absolute atomic E-state index is 0.245. The van der Waals surface area contributed by atoms with Gasteiger partial charge in [0, 0.05) is 0 Å². The predicted molar refractivity (Wildman–Crippen MR) is 132 cm³/mol. The largest absolute Gasteiger partial charge is 0.454 e. The summed E-state index contributed by atoms with van der Waals surface area (Å²) in [4.78, 5) is 26.6. The number of carbonyl (C=O) groups excluding carboxylic acids is 2. The second-order valence-corrected chi connectivity index (χ2v) is 9.28. The van der Waals surface area contributed by atoms with Gasteiger partial charge in [-0.05, 0) is 53.4 Å². The number of rotatable bonds is 4. The Morgan fingerprint density at radius 2 is 1.03 bits per heavy atom. The Labute approximate surface area is 204 Å². The predicted octanol–water partition coefficient (Wildman–Crippen LogP) is 5.90. The molecule has 4 heteroatoms. The smallest absolute Gasteiger partial charge is 0.338 e. The van der Waals surface area contributed by atoms with E-state index in [-0.39, 0.29) is 5.92 Å². The molecule has 3 aliphatic rings. The first-order valence-corrected chi connectivity index (χ1v) is 11.8. The zero-order valence-electron chi connectivity index (χ0n) is 19.3. The van der Waals surface area contributed by atoms with Gasteiger partial charge in [-0.3, -0.25) is 0 Å². The molecule has 3 aliphatic carbocycles. The fourth-order valence-corrected chi connectivity index (χ4v) is 5.80. The summed E-state index contributed by atoms with van der Waals surface area (Å²) in [6.07, 6.45) is -1.37. The van der Waals surface area contributed by atoms with Gasteiger partial charge >= 0.3 is 11.9 Å². The van der Waals surface area contributed by atoms with Crippen molar-refractivity contribution < 1.29 is 19.1 Å². The minimum Gasteiger partial charge on any atom is -0.454 e. The first-order valence-electron chi connectivity index (χ1n) is 11.8. The summed E-state index contributed by atoms with van der Waals surface area (Å²) < 4.78 is 12.5. The number of hydrogen-bond donors (Lipinski definition) is 0. The van der Waals surface area contributed by atoms with Crippen molar-refractivity contribution >= 4 is 11.9 Å². The molecule has 0 fully saturated rings. The van der Waals surface area contributed by atoms with E-state index in [4.69, 9.17) is 9.47 Å². The molecule has 4 aromatic rings. The van der Waals surface area contributed by atoms with Crippen molar-refractivity contribution in [3.05, 3.63) is 143 Å². The molecule has 0 unspecified atom stereocenters. The van der Waals surface area contributed by atoms with Crippen molar-refractivity contribution in [2.24, 2.45) is 0 Å². The molecule has 0 N–H and O–H groups in total. The van der Waals surface area contributed by atoms with Gasteiger partial charge in [-0.25, -0.2) is 9.59 Å². The van der Waals surface area contributed by atoms with Crippen LogP contribution in [0.5, 0.6) is 0 Å². The highest BCUT2D eigenvalue weighted by molar-refractivity contribution is 5.91. The number of carbonyl (C=O) groups is 2. The first-order chi connectivity index (χ1) is 17.1. The molecule has 0 heterocycles. The van der Waals surface area contributed by atoms with Crippen LogP contribution in [0, 0.1) is 0 Å². The summed E-state index contributed by atoms with van der Waals surface area (Å²) in [5, 5.41) is 0. The van der Waals surface area contributed by atoms with Gasteiger partial charge in [0.2, 0.25) is 0 Å². The zero-order chi connectivity index (χ0) is 24.0. The molecule has 172 valence electrons. The Balaban J connectivity index is 1.50. The summed E-state index contributed by atoms with van der Waals surface area (Å²) in [7, 11) is 0. The standard InChI is InChI=1S/C31H24O4/c1-31-24-18-10-8-16-22(24)26(23-17-9-11-19-25(23)31)27(34-29(32)20-12-4-2-5-13-20)28(31)35-30(33)21-14-6-3-7-15-21/h2-19,26-28H,1H3/t26-,27-,28-,31-/m0/s1. The van der Waals surface area contributed by atoms with E-state index in [0.29, 0.717) is 11.1 Å². The molecule has 0 saturated carbocycles. The van der Waals surface area contributed by atoms with Crippen LogP contribution in [0.25, 0.3) is 0 Å². The number of ether oxygens (including phenoxy) is 2. The van der Waals surface area contributed by atoms with Crippen molar-refractivity contribution in [2.45, 2.75) is 30.5 Å². The molecule has 7 rings (SSSR count). The number of fused-ring (bicyclic) bond motifs is 1. The van der Waals surface area contributed by atoms with Gasteiger partial charge in [0.1, 0.15) is 0 Å². The van der Waals surface area contributed by atoms with E-state index < -0.39 is 29.6 Å². The molecule has 0 radical (unpaired) electrons. The van der Waals surface area contributed by atoms with Crippen LogP contribution in [-0.4, -0.2) is 24.1 Å². The van der Waals surface area contributed by atoms with Gasteiger partial charge in [-0.15, -0.1) is 0 Å². The Morgan fingerprint density at radius 1 is 0.600 bits per heavy atom. The van der Waals surface area contributed by atoms with Crippen LogP contribution in [0.15, 0.2) is 109 Å². The Hall–Kier alpha value is -4.18. The van der Waals surface area contributed by atoms with Gasteiger partial charge in [-0.2, -0.15) is 0 Å². The maximum Gasteiger partial charge on any atom is 0.338 e. The molecule has 2 atom stereocenters. The van der Waals surface area contributed by atoms with Gasteiger partial charge in [0.25, 0.3) is 0 Å². The molecule has 2 bridgehead atoms. The minimum atomic E-state index is -0.697. The topological polar surface area (TPSA) is 52.6 Å². The van der Waals surface area contributed by atoms with E-state index in [1.165, 1.54) is 0 Å². The van der Waals surface area contributed by atoms with Crippen LogP contribution in [0.3, 0.4) is 0 Å². The van der Waals surface area contributed by atoms with E-state index >= 15 is 0 Å². The lowest BCUT2D eigenvalue weighted by atomic mass is 9.53. The molecule has 4 nitrogen and oxygen atoms in total. The first kappa shape index (κ1) is 21.4. The highest BCUT2D eigenvalue weighted by Crippen LogP contribution is 2.58. The summed E-state index contributed by atoms with van der Waals surface area (Å²) in [5.74, 6) is -1.10. The zero-order valence-corrected chi connectivity index (χ0v) is 19.3. The lowest BCUT2D eigenvalue weighted by molar-refractivity contribution is -0.0731. The van der Waals surface area contributed by atoms with Gasteiger partial charge in [0.05, 0.1) is 22.5 Å². The van der Waals surface area contributed by atoms with E-state index in [1.54, 1.807) is 24.3 Å². The van der Waals surface area contributed by atoms with Gasteiger partial charge < -0.3 is 9.47 Å². The molecule has 35 heavy (non-hydrogen) atoms. The Bertz CT molecular complexity index is 1360. The fourth-order valence-electron chi connectivity index (χ4n) is 5.80. The quantitative estimate of drug-likeness (QED) is 0.356. The molecule has 0 aromatic heterocycles. The fraction of sp³-hybridized carbons (Fsp3) is 0.161. The second-order valence-electron chi connectivity index (χ2n) is 9.28. The third-order valence-corrected chi connectivity index (χ3v) is 7.40. The lowest BCUT2D eigenvalue weighted by Gasteiger charge is -2.54. The summed E-state index contributed by atoms with van der Waals surface area (Å²) >= 11 is 0. The van der Waals surface area contributed by atoms with Gasteiger partial charge in [0.15, 0.2) is 12.2 Å². The molecule has 0 aliphatic heterocycles. The van der Waals surface area contributed by atoms with E-state index in [9.17, 15) is 9.59 Å². The number of esters is 2. The summed E-state index contributed by atoms with van der Waals surface area (Å²) in [6, 6.07) is 34.3. The summed E-state index contributed by atoms with van der Waals surface area (Å²) in [6.45, 7) is 2.09. The van der Waals surface area contributed by atoms with Crippen LogP contribution in [0.2, 0.25) is 0 Å². The third kappa shape index (κ3) is 3.28. The van der Waals surface area contributed by atoms with Crippen LogP contribution in [0.4, 0.5) is 0 Å². The second kappa shape index (κ2) is 8.24. The van der Waals surface area contributed by atoms with Crippen molar-refractivity contribution in [1.29, 1.82) is 0 Å². The van der Waals surface area contributed by atoms with Gasteiger partial charge in [-0.1, -0.05) is 84.9 Å². The number of hydrogen-bond acceptors (Lipinski definition) is 4. The maximum atomic E-state index is 13.3. The maximum absolute atomic E-state index is 13.3. The van der Waals surface area contributed by atoms with Crippen molar-refractivity contribution in [3.8, 4) is 0 Å². The molecular weight excluding hydrogens is 436 g/mol. The molecule has 0 spiro atoms. The Kier molecular flexibility index (Phi) is 5.03. The highest BCUT2D eigenvalue weighted by atomic mass is 16.6. The Morgan fingerprint density at radius 3 is 1.54 bits per heavy atom. The van der Waals surface area contributed by atoms with Crippen molar-refractivity contribution in [2.75, 3.05) is 0 Å². The van der Waals surface area contributed by atoms with Crippen molar-refractivity contribution in [3.63, 3.8) is 0 Å². The lowest BCUT2D eigenvalue weighted by Crippen LogP contribution is -2.59. The van der Waals surface area contributed by atoms with Crippen molar-refractivity contribution in [1.82, 2.24) is 0 Å². The van der Waals surface area contributed by atoms with Crippen LogP contribution < -0.4 is 0 Å². The normalized spacial score (nSPS) is 23.6. The highest BCUT2D eigenvalue weighted by Gasteiger charge is 2.60.